The predicted molar refractivity (Wildman–Crippen MR) is 100 cm³/mol. The van der Waals surface area contributed by atoms with Crippen molar-refractivity contribution in [2.45, 2.75) is 108 Å². The first-order valence-corrected chi connectivity index (χ1v) is 11.4. The molecule has 4 atom stereocenters. The lowest BCUT2D eigenvalue weighted by Gasteiger charge is -2.45. The Kier molecular flexibility index (Phi) is 8.03. The van der Waals surface area contributed by atoms with Crippen molar-refractivity contribution in [1.29, 1.82) is 0 Å². The van der Waals surface area contributed by atoms with E-state index < -0.39 is 74.2 Å². The number of rotatable bonds is 5. The van der Waals surface area contributed by atoms with Gasteiger partial charge in [-0.25, -0.2) is 17.6 Å². The maximum atomic E-state index is 15.0. The molecule has 0 N–H and O–H groups in total. The lowest BCUT2D eigenvalue weighted by Crippen LogP contribution is -2.51. The molecule has 3 fully saturated rings. The highest BCUT2D eigenvalue weighted by atomic mass is 19.4. The number of alkyl halides is 9. The molecule has 0 aromatic heterocycles. The summed E-state index contributed by atoms with van der Waals surface area (Å²) in [5, 5.41) is 0. The van der Waals surface area contributed by atoms with Crippen LogP contribution in [-0.4, -0.2) is 43.1 Å². The van der Waals surface area contributed by atoms with Crippen molar-refractivity contribution in [1.82, 2.24) is 0 Å². The topological polar surface area (TPSA) is 9.23 Å². The third-order valence-electron chi connectivity index (χ3n) is 7.65. The van der Waals surface area contributed by atoms with Gasteiger partial charge in [-0.05, 0) is 62.2 Å². The van der Waals surface area contributed by atoms with Crippen LogP contribution in [0.3, 0.4) is 0 Å². The Bertz CT molecular complexity index is 581. The van der Waals surface area contributed by atoms with E-state index >= 15 is 8.78 Å². The highest BCUT2D eigenvalue weighted by Crippen LogP contribution is 2.49. The summed E-state index contributed by atoms with van der Waals surface area (Å²) in [6.07, 6.45) is -20.3. The van der Waals surface area contributed by atoms with Gasteiger partial charge < -0.3 is 4.74 Å². The van der Waals surface area contributed by atoms with Gasteiger partial charge in [0.1, 0.15) is 37.2 Å². The van der Waals surface area contributed by atoms with Crippen LogP contribution in [0, 0.1) is 29.6 Å². The fourth-order valence-electron chi connectivity index (χ4n) is 6.05. The average molecular weight is 482 g/mol. The minimum Gasteiger partial charge on any atom is -0.311 e. The van der Waals surface area contributed by atoms with Gasteiger partial charge in [0, 0.05) is 5.92 Å². The summed E-state index contributed by atoms with van der Waals surface area (Å²) in [6.45, 7) is 2.14. The molecule has 0 heterocycles. The quantitative estimate of drug-likeness (QED) is 0.368. The fourth-order valence-corrected chi connectivity index (χ4v) is 6.05. The molecule has 0 bridgehead atoms. The second-order valence-corrected chi connectivity index (χ2v) is 10.1. The Morgan fingerprint density at radius 1 is 0.656 bits per heavy atom. The van der Waals surface area contributed by atoms with Crippen LogP contribution in [0.5, 0.6) is 0 Å². The predicted octanol–water partition coefficient (Wildman–Crippen LogP) is 7.53. The summed E-state index contributed by atoms with van der Waals surface area (Å²) in [4.78, 5) is 0. The average Bonchev–Trinajstić information content (AvgIpc) is 2.63. The molecule has 10 heteroatoms. The van der Waals surface area contributed by atoms with Crippen molar-refractivity contribution in [3.05, 3.63) is 0 Å². The molecular formula is C22H31F9O. The fraction of sp³-hybridized carbons (Fsp3) is 1.00. The molecule has 0 aliphatic heterocycles. The minimum absolute atomic E-state index is 0.109. The van der Waals surface area contributed by atoms with Crippen molar-refractivity contribution in [3.63, 3.8) is 0 Å². The van der Waals surface area contributed by atoms with Crippen LogP contribution < -0.4 is 0 Å². The zero-order valence-electron chi connectivity index (χ0n) is 17.9. The van der Waals surface area contributed by atoms with E-state index in [1.54, 1.807) is 0 Å². The first-order valence-electron chi connectivity index (χ1n) is 11.4. The van der Waals surface area contributed by atoms with E-state index in [9.17, 15) is 30.7 Å². The van der Waals surface area contributed by atoms with Crippen LogP contribution in [0.25, 0.3) is 0 Å². The minimum atomic E-state index is -5.28. The van der Waals surface area contributed by atoms with Crippen molar-refractivity contribution < 1.29 is 44.3 Å². The van der Waals surface area contributed by atoms with Gasteiger partial charge in [-0.1, -0.05) is 19.8 Å². The second-order valence-electron chi connectivity index (χ2n) is 10.1. The third-order valence-corrected chi connectivity index (χ3v) is 7.65. The highest BCUT2D eigenvalue weighted by Gasteiger charge is 2.53. The van der Waals surface area contributed by atoms with Gasteiger partial charge in [0.2, 0.25) is 0 Å². The van der Waals surface area contributed by atoms with E-state index in [0.29, 0.717) is 5.92 Å². The first-order chi connectivity index (χ1) is 14.8. The van der Waals surface area contributed by atoms with Crippen molar-refractivity contribution >= 4 is 0 Å². The van der Waals surface area contributed by atoms with Crippen LogP contribution in [0.4, 0.5) is 39.5 Å². The van der Waals surface area contributed by atoms with E-state index in [4.69, 9.17) is 0 Å². The number of ether oxygens (including phenoxy) is 1. The molecule has 0 spiro atoms. The normalized spacial score (nSPS) is 44.4. The molecule has 3 rings (SSSR count). The summed E-state index contributed by atoms with van der Waals surface area (Å²) in [5.41, 5.74) is 0. The van der Waals surface area contributed by atoms with Crippen LogP contribution >= 0.6 is 0 Å². The van der Waals surface area contributed by atoms with Gasteiger partial charge >= 0.3 is 12.3 Å². The van der Waals surface area contributed by atoms with Crippen LogP contribution in [0.15, 0.2) is 0 Å². The zero-order chi connectivity index (χ0) is 23.8. The van der Waals surface area contributed by atoms with E-state index in [1.807, 2.05) is 0 Å². The Balaban J connectivity index is 1.59. The molecule has 1 nitrogen and oxygen atoms in total. The molecular weight excluding hydrogens is 451 g/mol. The maximum Gasteiger partial charge on any atom is 0.397 e. The van der Waals surface area contributed by atoms with E-state index in [2.05, 4.69) is 11.7 Å². The molecule has 3 aliphatic rings. The Morgan fingerprint density at radius 3 is 1.59 bits per heavy atom. The second kappa shape index (κ2) is 9.90. The van der Waals surface area contributed by atoms with E-state index in [0.717, 1.165) is 25.7 Å². The van der Waals surface area contributed by atoms with Crippen LogP contribution in [0.2, 0.25) is 0 Å². The maximum absolute atomic E-state index is 15.0. The van der Waals surface area contributed by atoms with E-state index in [-0.39, 0.29) is 24.7 Å². The Hall–Kier alpha value is -0.670. The van der Waals surface area contributed by atoms with Crippen LogP contribution in [-0.2, 0) is 4.74 Å². The summed E-state index contributed by atoms with van der Waals surface area (Å²) >= 11 is 0. The third kappa shape index (κ3) is 6.47. The van der Waals surface area contributed by atoms with Gasteiger partial charge in [0.05, 0.1) is 0 Å². The van der Waals surface area contributed by atoms with Crippen molar-refractivity contribution in [3.8, 4) is 0 Å². The van der Waals surface area contributed by atoms with Crippen molar-refractivity contribution in [2.75, 3.05) is 0 Å². The molecule has 0 radical (unpaired) electrons. The molecule has 32 heavy (non-hydrogen) atoms. The first kappa shape index (κ1) is 25.9. The van der Waals surface area contributed by atoms with Gasteiger partial charge in [-0.3, -0.25) is 0 Å². The van der Waals surface area contributed by atoms with Gasteiger partial charge in [-0.15, -0.1) is 0 Å². The largest absolute Gasteiger partial charge is 0.397 e. The zero-order valence-corrected chi connectivity index (χ0v) is 17.9. The molecule has 0 amide bonds. The molecule has 3 aliphatic carbocycles. The van der Waals surface area contributed by atoms with Gasteiger partial charge in [0.15, 0.2) is 0 Å². The Morgan fingerprint density at radius 2 is 1.12 bits per heavy atom. The number of hydrogen-bond donors (Lipinski definition) is 0. The highest BCUT2D eigenvalue weighted by molar-refractivity contribution is 4.98. The molecule has 0 aromatic carbocycles. The number of halogens is 9. The SMILES string of the molecule is CC1CCC(C2CC(F)C(C3CC(F)C(OC(F)(F)CC(F)(F)F)C(F)C3)C(F)C2)CC1. The molecule has 4 unspecified atom stereocenters. The van der Waals surface area contributed by atoms with Gasteiger partial charge in [-0.2, -0.15) is 22.0 Å². The number of hydrogen-bond acceptors (Lipinski definition) is 1. The van der Waals surface area contributed by atoms with E-state index in [1.165, 1.54) is 0 Å². The smallest absolute Gasteiger partial charge is 0.311 e. The molecule has 3 saturated carbocycles. The summed E-state index contributed by atoms with van der Waals surface area (Å²) in [5.74, 6) is -1.62. The van der Waals surface area contributed by atoms with Crippen LogP contribution in [0.1, 0.15) is 64.7 Å². The summed E-state index contributed by atoms with van der Waals surface area (Å²) in [7, 11) is 0. The molecule has 0 saturated heterocycles. The molecule has 188 valence electrons. The van der Waals surface area contributed by atoms with Gasteiger partial charge in [0.25, 0.3) is 0 Å². The monoisotopic (exact) mass is 482 g/mol. The summed E-state index contributed by atoms with van der Waals surface area (Å²) < 4.78 is 127. The Labute approximate surface area is 182 Å². The standard InChI is InChI=1S/C22H31F9O/c1-11-2-4-12(5-3-11)13-6-15(23)19(16(24)7-13)14-8-17(25)20(18(26)9-14)32-22(30,31)10-21(27,28)29/h11-20H,2-10H2,1H3. The van der Waals surface area contributed by atoms with Crippen molar-refractivity contribution in [2.24, 2.45) is 29.6 Å². The summed E-state index contributed by atoms with van der Waals surface area (Å²) in [6, 6.07) is 0. The molecule has 0 aromatic rings. The lowest BCUT2D eigenvalue weighted by molar-refractivity contribution is -0.325. The lowest BCUT2D eigenvalue weighted by atomic mass is 9.64.